The quantitative estimate of drug-likeness (QED) is 0.352. The first-order chi connectivity index (χ1) is 16.6. The van der Waals surface area contributed by atoms with E-state index in [1.807, 2.05) is 10.6 Å². The molecule has 0 N–H and O–H groups in total. The molecule has 0 aliphatic heterocycles. The van der Waals surface area contributed by atoms with Crippen molar-refractivity contribution in [2.24, 2.45) is 0 Å². The van der Waals surface area contributed by atoms with Crippen molar-refractivity contribution in [3.8, 4) is 22.2 Å². The maximum atomic E-state index is 12.9. The summed E-state index contributed by atoms with van der Waals surface area (Å²) in [5.41, 5.74) is 2.28. The zero-order chi connectivity index (χ0) is 25.3. The first-order valence-corrected chi connectivity index (χ1v) is 13.2. The lowest BCUT2D eigenvalue weighted by Crippen LogP contribution is -2.21. The summed E-state index contributed by atoms with van der Waals surface area (Å²) in [6.45, 7) is 0.170. The summed E-state index contributed by atoms with van der Waals surface area (Å²) in [6.07, 6.45) is 2.84. The highest BCUT2D eigenvalue weighted by atomic mass is 32.2. The number of hydrogen-bond donors (Lipinski definition) is 0. The Kier molecular flexibility index (Phi) is 6.73. The summed E-state index contributed by atoms with van der Waals surface area (Å²) in [7, 11) is 3.22. The van der Waals surface area contributed by atoms with Crippen LogP contribution in [0.25, 0.3) is 16.0 Å². The molecule has 2 aromatic heterocycles. The Balaban J connectivity index is 1.70. The first kappa shape index (κ1) is 24.6. The van der Waals surface area contributed by atoms with Gasteiger partial charge in [-0.3, -0.25) is 9.36 Å². The summed E-state index contributed by atoms with van der Waals surface area (Å²) >= 11 is 1.29. The smallest absolute Gasteiger partial charge is 0.267 e. The highest BCUT2D eigenvalue weighted by molar-refractivity contribution is 7.90. The van der Waals surface area contributed by atoms with E-state index in [9.17, 15) is 13.2 Å². The fourth-order valence-electron chi connectivity index (χ4n) is 3.45. The second-order valence-corrected chi connectivity index (χ2v) is 11.0. The molecule has 0 fully saturated rings. The van der Waals surface area contributed by atoms with Crippen molar-refractivity contribution in [1.82, 2.24) is 14.5 Å². The molecule has 0 saturated heterocycles. The predicted molar refractivity (Wildman–Crippen MR) is 134 cm³/mol. The van der Waals surface area contributed by atoms with Crippen LogP contribution in [0.1, 0.15) is 15.2 Å². The van der Waals surface area contributed by atoms with E-state index in [1.165, 1.54) is 28.4 Å². The molecule has 4 rings (SSSR count). The third kappa shape index (κ3) is 4.96. The third-order valence-electron chi connectivity index (χ3n) is 5.32. The highest BCUT2D eigenvalue weighted by Crippen LogP contribution is 2.37. The zero-order valence-corrected chi connectivity index (χ0v) is 21.6. The number of thiophene rings is 1. The molecule has 0 unspecified atom stereocenters. The van der Waals surface area contributed by atoms with Crippen LogP contribution in [-0.4, -0.2) is 63.3 Å². The number of hydrogen-bond acceptors (Lipinski definition) is 8. The summed E-state index contributed by atoms with van der Waals surface area (Å²) < 4.78 is 42.1. The Hall–Kier alpha value is -3.57. The third-order valence-corrected chi connectivity index (χ3v) is 7.55. The molecule has 0 saturated carbocycles. The summed E-state index contributed by atoms with van der Waals surface area (Å²) in [5.74, 6) is 1.38. The standard InChI is InChI=1S/C24H25N3O6S2/c1-26(2)24(28)23-21(33-13-15-6-8-16(9-7-15)35(5,29)30)12-22(34-23)27-14-25-17-10-19(31-3)20(32-4)11-18(17)27/h6-12,14H,13H2,1-5H3. The SMILES string of the molecule is COc1cc2ncn(-c3cc(OCc4ccc(S(C)(=O)=O)cc4)c(C(=O)N(C)C)s3)c2cc1OC. The van der Waals surface area contributed by atoms with E-state index in [2.05, 4.69) is 4.98 Å². The largest absolute Gasteiger partial charge is 0.493 e. The Morgan fingerprint density at radius 2 is 1.69 bits per heavy atom. The number of imidazole rings is 1. The van der Waals surface area contributed by atoms with Gasteiger partial charge in [0, 0.05) is 38.6 Å². The number of ether oxygens (including phenoxy) is 3. The van der Waals surface area contributed by atoms with Gasteiger partial charge < -0.3 is 19.1 Å². The van der Waals surface area contributed by atoms with Crippen molar-refractivity contribution in [2.45, 2.75) is 11.5 Å². The Labute approximate surface area is 207 Å². The zero-order valence-electron chi connectivity index (χ0n) is 19.9. The van der Waals surface area contributed by atoms with Gasteiger partial charge in [0.25, 0.3) is 5.91 Å². The van der Waals surface area contributed by atoms with E-state index in [0.717, 1.165) is 22.3 Å². The van der Waals surface area contributed by atoms with Crippen molar-refractivity contribution >= 4 is 38.1 Å². The van der Waals surface area contributed by atoms with E-state index >= 15 is 0 Å². The van der Waals surface area contributed by atoms with Crippen molar-refractivity contribution in [1.29, 1.82) is 0 Å². The number of methoxy groups -OCH3 is 2. The van der Waals surface area contributed by atoms with Crippen molar-refractivity contribution in [3.63, 3.8) is 0 Å². The second-order valence-electron chi connectivity index (χ2n) is 7.99. The van der Waals surface area contributed by atoms with Gasteiger partial charge >= 0.3 is 0 Å². The van der Waals surface area contributed by atoms with Gasteiger partial charge in [0.05, 0.1) is 30.1 Å². The second kappa shape index (κ2) is 9.59. The van der Waals surface area contributed by atoms with E-state index in [-0.39, 0.29) is 17.4 Å². The van der Waals surface area contributed by atoms with Gasteiger partial charge in [-0.05, 0) is 17.7 Å². The number of nitrogens with zero attached hydrogens (tertiary/aromatic N) is 3. The molecule has 4 aromatic rings. The molecular formula is C24H25N3O6S2. The molecule has 2 aromatic carbocycles. The molecular weight excluding hydrogens is 490 g/mol. The summed E-state index contributed by atoms with van der Waals surface area (Å²) in [6, 6.07) is 11.9. The lowest BCUT2D eigenvalue weighted by molar-refractivity contribution is 0.0828. The number of rotatable bonds is 8. The van der Waals surface area contributed by atoms with Gasteiger partial charge in [-0.15, -0.1) is 11.3 Å². The number of fused-ring (bicyclic) bond motifs is 1. The molecule has 184 valence electrons. The lowest BCUT2D eigenvalue weighted by Gasteiger charge is -2.11. The maximum absolute atomic E-state index is 12.9. The van der Waals surface area contributed by atoms with Crippen LogP contribution in [0.5, 0.6) is 17.2 Å². The van der Waals surface area contributed by atoms with E-state index in [4.69, 9.17) is 14.2 Å². The normalized spacial score (nSPS) is 11.5. The molecule has 0 atom stereocenters. The van der Waals surface area contributed by atoms with Gasteiger partial charge in [0.1, 0.15) is 28.6 Å². The minimum atomic E-state index is -3.28. The van der Waals surface area contributed by atoms with Crippen LogP contribution in [0, 0.1) is 0 Å². The number of carbonyl (C=O) groups excluding carboxylic acids is 1. The van der Waals surface area contributed by atoms with E-state index in [1.54, 1.807) is 58.9 Å². The minimum Gasteiger partial charge on any atom is -0.493 e. The Bertz CT molecular complexity index is 1490. The number of carbonyl (C=O) groups is 1. The van der Waals surface area contributed by atoms with Gasteiger partial charge in [0.15, 0.2) is 21.3 Å². The molecule has 0 aliphatic carbocycles. The molecule has 0 bridgehead atoms. The molecule has 0 aliphatic rings. The number of benzene rings is 2. The van der Waals surface area contributed by atoms with Crippen LogP contribution in [0.4, 0.5) is 0 Å². The summed E-state index contributed by atoms with van der Waals surface area (Å²) in [5, 5.41) is 0.743. The van der Waals surface area contributed by atoms with Crippen LogP contribution in [0.2, 0.25) is 0 Å². The predicted octanol–water partition coefficient (Wildman–Crippen LogP) is 3.79. The Morgan fingerprint density at radius 3 is 2.29 bits per heavy atom. The molecule has 2 heterocycles. The van der Waals surface area contributed by atoms with Crippen molar-refractivity contribution in [3.05, 3.63) is 59.2 Å². The number of amides is 1. The summed E-state index contributed by atoms with van der Waals surface area (Å²) in [4.78, 5) is 19.5. The molecule has 35 heavy (non-hydrogen) atoms. The van der Waals surface area contributed by atoms with Crippen LogP contribution in [0.3, 0.4) is 0 Å². The van der Waals surface area contributed by atoms with E-state index < -0.39 is 9.84 Å². The highest BCUT2D eigenvalue weighted by Gasteiger charge is 2.22. The fourth-order valence-corrected chi connectivity index (χ4v) is 5.18. The van der Waals surface area contributed by atoms with Gasteiger partial charge in [-0.25, -0.2) is 13.4 Å². The van der Waals surface area contributed by atoms with Crippen molar-refractivity contribution < 1.29 is 27.4 Å². The monoisotopic (exact) mass is 515 g/mol. The fraction of sp³-hybridized carbons (Fsp3) is 0.250. The molecule has 11 heteroatoms. The molecule has 1 amide bonds. The van der Waals surface area contributed by atoms with E-state index in [0.29, 0.717) is 27.6 Å². The first-order valence-electron chi connectivity index (χ1n) is 10.5. The number of aromatic nitrogens is 2. The van der Waals surface area contributed by atoms with Crippen LogP contribution >= 0.6 is 11.3 Å². The minimum absolute atomic E-state index is 0.170. The topological polar surface area (TPSA) is 100.0 Å². The van der Waals surface area contributed by atoms with Gasteiger partial charge in [-0.1, -0.05) is 12.1 Å². The average Bonchev–Trinajstić information content (AvgIpc) is 3.44. The van der Waals surface area contributed by atoms with Crippen LogP contribution in [0.15, 0.2) is 53.7 Å². The number of sulfone groups is 1. The van der Waals surface area contributed by atoms with Crippen LogP contribution in [-0.2, 0) is 16.4 Å². The van der Waals surface area contributed by atoms with Crippen LogP contribution < -0.4 is 14.2 Å². The lowest BCUT2D eigenvalue weighted by atomic mass is 10.2. The maximum Gasteiger partial charge on any atom is 0.267 e. The molecule has 0 spiro atoms. The molecule has 0 radical (unpaired) electrons. The van der Waals surface area contributed by atoms with Gasteiger partial charge in [0.2, 0.25) is 0 Å². The van der Waals surface area contributed by atoms with Gasteiger partial charge in [-0.2, -0.15) is 0 Å². The Morgan fingerprint density at radius 1 is 1.03 bits per heavy atom. The van der Waals surface area contributed by atoms with Crippen molar-refractivity contribution in [2.75, 3.05) is 34.6 Å². The molecule has 9 nitrogen and oxygen atoms in total. The average molecular weight is 516 g/mol.